The van der Waals surface area contributed by atoms with Crippen LogP contribution in [0, 0.1) is 17.3 Å². The zero-order valence-corrected chi connectivity index (χ0v) is 17.5. The van der Waals surface area contributed by atoms with Gasteiger partial charge in [0.2, 0.25) is 0 Å². The molecule has 0 radical (unpaired) electrons. The van der Waals surface area contributed by atoms with Crippen molar-refractivity contribution in [1.29, 1.82) is 0 Å². The van der Waals surface area contributed by atoms with Crippen molar-refractivity contribution in [3.05, 3.63) is 18.2 Å². The van der Waals surface area contributed by atoms with E-state index >= 15 is 0 Å². The van der Waals surface area contributed by atoms with Crippen molar-refractivity contribution in [1.82, 2.24) is 15.3 Å². The van der Waals surface area contributed by atoms with Crippen LogP contribution in [-0.4, -0.2) is 33.3 Å². The normalized spacial score (nSPS) is 25.5. The second-order valence-electron chi connectivity index (χ2n) is 9.47. The summed E-state index contributed by atoms with van der Waals surface area (Å²) in [6.45, 7) is 14.8. The molecule has 0 amide bonds. The standard InChI is InChI=1S/C21H37N3O2/c1-13(2)10-15-8-9-17(24-18(15)19(25)21(5,6)7)20-22-11-16(12-23-20)26-14(3)4/h11-15,17-19,24-25H,8-10H2,1-7H3. The van der Waals surface area contributed by atoms with Gasteiger partial charge in [0, 0.05) is 6.04 Å². The quantitative estimate of drug-likeness (QED) is 0.795. The van der Waals surface area contributed by atoms with Crippen LogP contribution in [0.15, 0.2) is 12.4 Å². The van der Waals surface area contributed by atoms with Gasteiger partial charge in [-0.1, -0.05) is 34.6 Å². The summed E-state index contributed by atoms with van der Waals surface area (Å²) in [6, 6.07) is 0.139. The molecule has 2 N–H and O–H groups in total. The van der Waals surface area contributed by atoms with Crippen molar-refractivity contribution in [3.63, 3.8) is 0 Å². The molecule has 1 aliphatic rings. The van der Waals surface area contributed by atoms with Crippen LogP contribution in [0.5, 0.6) is 5.75 Å². The van der Waals surface area contributed by atoms with Gasteiger partial charge in [0.25, 0.3) is 0 Å². The molecule has 4 unspecified atom stereocenters. The van der Waals surface area contributed by atoms with Crippen molar-refractivity contribution in [3.8, 4) is 5.75 Å². The van der Waals surface area contributed by atoms with Crippen LogP contribution >= 0.6 is 0 Å². The Morgan fingerprint density at radius 1 is 1.15 bits per heavy atom. The van der Waals surface area contributed by atoms with Gasteiger partial charge in [0.1, 0.15) is 5.82 Å². The average molecular weight is 364 g/mol. The Labute approximate surface area is 159 Å². The van der Waals surface area contributed by atoms with Gasteiger partial charge >= 0.3 is 0 Å². The Hall–Kier alpha value is -1.20. The van der Waals surface area contributed by atoms with E-state index in [4.69, 9.17) is 4.74 Å². The number of nitrogens with one attached hydrogen (secondary N) is 1. The van der Waals surface area contributed by atoms with E-state index in [-0.39, 0.29) is 23.6 Å². The molecular formula is C21H37N3O2. The summed E-state index contributed by atoms with van der Waals surface area (Å²) in [5.41, 5.74) is -0.162. The maximum absolute atomic E-state index is 11.0. The predicted molar refractivity (Wildman–Crippen MR) is 105 cm³/mol. The summed E-state index contributed by atoms with van der Waals surface area (Å²) < 4.78 is 5.64. The van der Waals surface area contributed by atoms with Crippen molar-refractivity contribution < 1.29 is 9.84 Å². The van der Waals surface area contributed by atoms with Gasteiger partial charge in [-0.05, 0) is 50.4 Å². The van der Waals surface area contributed by atoms with Crippen LogP contribution in [0.4, 0.5) is 0 Å². The molecule has 1 saturated heterocycles. The number of nitrogens with zero attached hydrogens (tertiary/aromatic N) is 2. The van der Waals surface area contributed by atoms with Crippen LogP contribution in [0.2, 0.25) is 0 Å². The first-order chi connectivity index (χ1) is 12.1. The minimum atomic E-state index is -0.405. The monoisotopic (exact) mass is 363 g/mol. The van der Waals surface area contributed by atoms with Crippen LogP contribution in [0.1, 0.15) is 79.6 Å². The molecular weight excluding hydrogens is 326 g/mol. The van der Waals surface area contributed by atoms with Crippen molar-refractivity contribution in [2.24, 2.45) is 17.3 Å². The van der Waals surface area contributed by atoms with Crippen LogP contribution in [-0.2, 0) is 0 Å². The van der Waals surface area contributed by atoms with Gasteiger partial charge in [-0.25, -0.2) is 9.97 Å². The molecule has 0 aromatic carbocycles. The topological polar surface area (TPSA) is 67.3 Å². The molecule has 0 spiro atoms. The zero-order chi connectivity index (χ0) is 19.5. The minimum Gasteiger partial charge on any atom is -0.488 e. The van der Waals surface area contributed by atoms with Gasteiger partial charge in [-0.2, -0.15) is 0 Å². The summed E-state index contributed by atoms with van der Waals surface area (Å²) in [6.07, 6.45) is 6.41. The highest BCUT2D eigenvalue weighted by atomic mass is 16.5. The number of ether oxygens (including phenoxy) is 1. The molecule has 0 saturated carbocycles. The first kappa shape index (κ1) is 21.1. The third-order valence-electron chi connectivity index (χ3n) is 5.06. The highest BCUT2D eigenvalue weighted by Crippen LogP contribution is 2.36. The highest BCUT2D eigenvalue weighted by Gasteiger charge is 2.40. The number of hydrogen-bond acceptors (Lipinski definition) is 5. The lowest BCUT2D eigenvalue weighted by Gasteiger charge is -2.44. The zero-order valence-electron chi connectivity index (χ0n) is 17.5. The molecule has 1 aromatic rings. The van der Waals surface area contributed by atoms with E-state index in [2.05, 4.69) is 49.9 Å². The minimum absolute atomic E-state index is 0.0614. The molecule has 2 rings (SSSR count). The molecule has 1 aromatic heterocycles. The number of rotatable bonds is 6. The molecule has 1 fully saturated rings. The average Bonchev–Trinajstić information content (AvgIpc) is 2.53. The largest absolute Gasteiger partial charge is 0.488 e. The lowest BCUT2D eigenvalue weighted by atomic mass is 9.73. The lowest BCUT2D eigenvalue weighted by Crippen LogP contribution is -2.54. The fraction of sp³-hybridized carbons (Fsp3) is 0.810. The third-order valence-corrected chi connectivity index (χ3v) is 5.06. The molecule has 148 valence electrons. The Bertz CT molecular complexity index is 551. The van der Waals surface area contributed by atoms with Crippen LogP contribution in [0.3, 0.4) is 0 Å². The Balaban J connectivity index is 2.14. The van der Waals surface area contributed by atoms with E-state index < -0.39 is 6.10 Å². The van der Waals surface area contributed by atoms with E-state index in [9.17, 15) is 5.11 Å². The highest BCUT2D eigenvalue weighted by molar-refractivity contribution is 5.14. The van der Waals surface area contributed by atoms with Crippen LogP contribution < -0.4 is 10.1 Å². The molecule has 0 bridgehead atoms. The summed E-state index contributed by atoms with van der Waals surface area (Å²) in [7, 11) is 0. The van der Waals surface area contributed by atoms with Crippen molar-refractivity contribution >= 4 is 0 Å². The number of piperidine rings is 1. The summed E-state index contributed by atoms with van der Waals surface area (Å²) in [4.78, 5) is 9.03. The van der Waals surface area contributed by atoms with Gasteiger partial charge in [0.05, 0.1) is 30.6 Å². The van der Waals surface area contributed by atoms with E-state index in [1.54, 1.807) is 12.4 Å². The Kier molecular flexibility index (Phi) is 7.03. The summed E-state index contributed by atoms with van der Waals surface area (Å²) in [5.74, 6) is 2.58. The third kappa shape index (κ3) is 5.65. The van der Waals surface area contributed by atoms with E-state index in [0.717, 1.165) is 25.1 Å². The van der Waals surface area contributed by atoms with Gasteiger partial charge in [-0.3, -0.25) is 0 Å². The molecule has 2 heterocycles. The molecule has 26 heavy (non-hydrogen) atoms. The Morgan fingerprint density at radius 2 is 1.77 bits per heavy atom. The summed E-state index contributed by atoms with van der Waals surface area (Å²) in [5, 5.41) is 14.7. The molecule has 5 heteroatoms. The van der Waals surface area contributed by atoms with Gasteiger partial charge in [-0.15, -0.1) is 0 Å². The smallest absolute Gasteiger partial charge is 0.156 e. The van der Waals surface area contributed by atoms with E-state index in [1.807, 2.05) is 13.8 Å². The van der Waals surface area contributed by atoms with Crippen LogP contribution in [0.25, 0.3) is 0 Å². The molecule has 4 atom stereocenters. The predicted octanol–water partition coefficient (Wildman–Crippen LogP) is 4.13. The fourth-order valence-electron chi connectivity index (χ4n) is 3.81. The van der Waals surface area contributed by atoms with Crippen molar-refractivity contribution in [2.75, 3.05) is 0 Å². The maximum Gasteiger partial charge on any atom is 0.156 e. The SMILES string of the molecule is CC(C)CC1CCC(c2ncc(OC(C)C)cn2)NC1C(O)C(C)(C)C. The number of hydrogen-bond donors (Lipinski definition) is 2. The summed E-state index contributed by atoms with van der Waals surface area (Å²) >= 11 is 0. The lowest BCUT2D eigenvalue weighted by molar-refractivity contribution is -0.0120. The van der Waals surface area contributed by atoms with Gasteiger partial charge < -0.3 is 15.2 Å². The van der Waals surface area contributed by atoms with E-state index in [0.29, 0.717) is 17.6 Å². The second-order valence-corrected chi connectivity index (χ2v) is 9.47. The van der Waals surface area contributed by atoms with Gasteiger partial charge in [0.15, 0.2) is 5.75 Å². The second kappa shape index (κ2) is 8.66. The number of aliphatic hydroxyl groups excluding tert-OH is 1. The Morgan fingerprint density at radius 3 is 2.27 bits per heavy atom. The molecule has 5 nitrogen and oxygen atoms in total. The number of aliphatic hydroxyl groups is 1. The maximum atomic E-state index is 11.0. The van der Waals surface area contributed by atoms with Crippen molar-refractivity contribution in [2.45, 2.75) is 92.0 Å². The molecule has 1 aliphatic heterocycles. The van der Waals surface area contributed by atoms with E-state index in [1.165, 1.54) is 0 Å². The first-order valence-electron chi connectivity index (χ1n) is 10.0. The number of aromatic nitrogens is 2. The fourth-order valence-corrected chi connectivity index (χ4v) is 3.81. The molecule has 0 aliphatic carbocycles. The first-order valence-corrected chi connectivity index (χ1v) is 10.0.